The highest BCUT2D eigenvalue weighted by Gasteiger charge is 2.01. The maximum atomic E-state index is 5.86. The molecule has 1 N–H and O–H groups in total. The molecule has 2 nitrogen and oxygen atoms in total. The van der Waals surface area contributed by atoms with Gasteiger partial charge in [-0.2, -0.15) is 0 Å². The molecule has 1 aromatic carbocycles. The van der Waals surface area contributed by atoms with Crippen molar-refractivity contribution in [1.29, 1.82) is 0 Å². The highest BCUT2D eigenvalue weighted by molar-refractivity contribution is 7.11. The number of benzene rings is 1. The lowest BCUT2D eigenvalue weighted by Crippen LogP contribution is -2.10. The average Bonchev–Trinajstić information content (AvgIpc) is 2.98. The van der Waals surface area contributed by atoms with Crippen LogP contribution in [0.15, 0.2) is 36.4 Å². The standard InChI is InChI=1S/C18H25NOS/c1-3-5-6-15-7-9-16(10-8-15)20-14-18-12-11-17(21-18)13-19-4-2/h7-12,19H,3-6,13-14H2,1-2H3. The van der Waals surface area contributed by atoms with Crippen molar-refractivity contribution in [2.45, 2.75) is 46.3 Å². The fourth-order valence-electron chi connectivity index (χ4n) is 2.13. The van der Waals surface area contributed by atoms with E-state index in [4.69, 9.17) is 4.74 Å². The highest BCUT2D eigenvalue weighted by Crippen LogP contribution is 2.20. The van der Waals surface area contributed by atoms with Gasteiger partial charge in [0.2, 0.25) is 0 Å². The molecule has 0 saturated heterocycles. The molecule has 0 amide bonds. The Labute approximate surface area is 132 Å². The van der Waals surface area contributed by atoms with E-state index in [1.54, 1.807) is 0 Å². The first-order chi connectivity index (χ1) is 10.3. The van der Waals surface area contributed by atoms with Crippen LogP contribution in [0, 0.1) is 0 Å². The zero-order valence-corrected chi connectivity index (χ0v) is 13.8. The summed E-state index contributed by atoms with van der Waals surface area (Å²) < 4.78 is 5.86. The first-order valence-corrected chi connectivity index (χ1v) is 8.63. The molecule has 2 aromatic rings. The Bertz CT molecular complexity index is 518. The van der Waals surface area contributed by atoms with Crippen LogP contribution in [0.1, 0.15) is 42.0 Å². The third kappa shape index (κ3) is 5.52. The number of unbranched alkanes of at least 4 members (excludes halogenated alkanes) is 1. The third-order valence-electron chi connectivity index (χ3n) is 3.39. The van der Waals surface area contributed by atoms with E-state index in [1.165, 1.54) is 28.2 Å². The van der Waals surface area contributed by atoms with Gasteiger partial charge in [-0.05, 0) is 49.2 Å². The second kappa shape index (κ2) is 8.85. The van der Waals surface area contributed by atoms with Gasteiger partial charge in [0, 0.05) is 16.3 Å². The molecule has 1 heterocycles. The average molecular weight is 303 g/mol. The second-order valence-electron chi connectivity index (χ2n) is 5.18. The molecule has 0 radical (unpaired) electrons. The molecule has 1 aromatic heterocycles. The predicted octanol–water partition coefficient (Wildman–Crippen LogP) is 4.78. The fraction of sp³-hybridized carbons (Fsp3) is 0.444. The van der Waals surface area contributed by atoms with Gasteiger partial charge in [0.05, 0.1) is 0 Å². The third-order valence-corrected chi connectivity index (χ3v) is 4.45. The Morgan fingerprint density at radius 2 is 1.76 bits per heavy atom. The SMILES string of the molecule is CCCCc1ccc(OCc2ccc(CNCC)s2)cc1. The van der Waals surface area contributed by atoms with Crippen LogP contribution < -0.4 is 10.1 Å². The lowest BCUT2D eigenvalue weighted by atomic mass is 10.1. The molecule has 2 rings (SSSR count). The number of ether oxygens (including phenoxy) is 1. The smallest absolute Gasteiger partial charge is 0.122 e. The molecular weight excluding hydrogens is 278 g/mol. The van der Waals surface area contributed by atoms with E-state index in [2.05, 4.69) is 55.6 Å². The van der Waals surface area contributed by atoms with E-state index in [-0.39, 0.29) is 0 Å². The lowest BCUT2D eigenvalue weighted by Gasteiger charge is -2.06. The van der Waals surface area contributed by atoms with Gasteiger partial charge < -0.3 is 10.1 Å². The van der Waals surface area contributed by atoms with Gasteiger partial charge in [-0.3, -0.25) is 0 Å². The van der Waals surface area contributed by atoms with Gasteiger partial charge in [-0.15, -0.1) is 11.3 Å². The summed E-state index contributed by atoms with van der Waals surface area (Å²) in [6.07, 6.45) is 3.66. The summed E-state index contributed by atoms with van der Waals surface area (Å²) in [6, 6.07) is 12.9. The van der Waals surface area contributed by atoms with Crippen molar-refractivity contribution in [3.8, 4) is 5.75 Å². The minimum atomic E-state index is 0.658. The van der Waals surface area contributed by atoms with Gasteiger partial charge in [-0.1, -0.05) is 32.4 Å². The van der Waals surface area contributed by atoms with Crippen molar-refractivity contribution in [1.82, 2.24) is 5.32 Å². The summed E-state index contributed by atoms with van der Waals surface area (Å²) in [6.45, 7) is 6.97. The molecule has 21 heavy (non-hydrogen) atoms. The van der Waals surface area contributed by atoms with Gasteiger partial charge in [0.1, 0.15) is 12.4 Å². The fourth-order valence-corrected chi connectivity index (χ4v) is 3.03. The van der Waals surface area contributed by atoms with E-state index < -0.39 is 0 Å². The van der Waals surface area contributed by atoms with Crippen molar-refractivity contribution in [2.75, 3.05) is 6.54 Å². The maximum Gasteiger partial charge on any atom is 0.122 e. The van der Waals surface area contributed by atoms with Crippen molar-refractivity contribution >= 4 is 11.3 Å². The van der Waals surface area contributed by atoms with Crippen LogP contribution in [-0.2, 0) is 19.6 Å². The van der Waals surface area contributed by atoms with Crippen LogP contribution in [0.25, 0.3) is 0 Å². The van der Waals surface area contributed by atoms with Crippen molar-refractivity contribution in [3.05, 3.63) is 51.7 Å². The molecule has 0 unspecified atom stereocenters. The Balaban J connectivity index is 1.80. The normalized spacial score (nSPS) is 10.8. The van der Waals surface area contributed by atoms with Crippen LogP contribution in [0.5, 0.6) is 5.75 Å². The van der Waals surface area contributed by atoms with Gasteiger partial charge in [0.25, 0.3) is 0 Å². The van der Waals surface area contributed by atoms with Crippen LogP contribution >= 0.6 is 11.3 Å². The largest absolute Gasteiger partial charge is 0.488 e. The molecule has 0 aliphatic rings. The Morgan fingerprint density at radius 1 is 1.00 bits per heavy atom. The zero-order chi connectivity index (χ0) is 14.9. The molecule has 114 valence electrons. The molecule has 3 heteroatoms. The van der Waals surface area contributed by atoms with Gasteiger partial charge in [-0.25, -0.2) is 0 Å². The molecular formula is C18H25NOS. The molecule has 0 atom stereocenters. The van der Waals surface area contributed by atoms with Crippen LogP contribution in [-0.4, -0.2) is 6.54 Å². The van der Waals surface area contributed by atoms with E-state index in [0.717, 1.165) is 25.3 Å². The highest BCUT2D eigenvalue weighted by atomic mass is 32.1. The first kappa shape index (κ1) is 16.1. The van der Waals surface area contributed by atoms with Crippen molar-refractivity contribution in [3.63, 3.8) is 0 Å². The second-order valence-corrected chi connectivity index (χ2v) is 6.44. The summed E-state index contributed by atoms with van der Waals surface area (Å²) in [5.74, 6) is 0.955. The molecule has 0 aliphatic carbocycles. The minimum absolute atomic E-state index is 0.658. The Hall–Kier alpha value is -1.32. The number of hydrogen-bond donors (Lipinski definition) is 1. The molecule has 0 bridgehead atoms. The number of nitrogens with one attached hydrogen (secondary N) is 1. The first-order valence-electron chi connectivity index (χ1n) is 7.82. The Kier molecular flexibility index (Phi) is 6.77. The maximum absolute atomic E-state index is 5.86. The molecule has 0 aliphatic heterocycles. The van der Waals surface area contributed by atoms with Crippen molar-refractivity contribution < 1.29 is 4.74 Å². The number of thiophene rings is 1. The summed E-state index contributed by atoms with van der Waals surface area (Å²) >= 11 is 1.82. The topological polar surface area (TPSA) is 21.3 Å². The summed E-state index contributed by atoms with van der Waals surface area (Å²) in [5, 5.41) is 3.34. The lowest BCUT2D eigenvalue weighted by molar-refractivity contribution is 0.309. The van der Waals surface area contributed by atoms with E-state index in [1.807, 2.05) is 11.3 Å². The van der Waals surface area contributed by atoms with E-state index in [0.29, 0.717) is 6.61 Å². The van der Waals surface area contributed by atoms with Gasteiger partial charge in [0.15, 0.2) is 0 Å². The summed E-state index contributed by atoms with van der Waals surface area (Å²) in [4.78, 5) is 2.64. The summed E-state index contributed by atoms with van der Waals surface area (Å²) in [7, 11) is 0. The van der Waals surface area contributed by atoms with Crippen LogP contribution in [0.4, 0.5) is 0 Å². The van der Waals surface area contributed by atoms with Crippen LogP contribution in [0.2, 0.25) is 0 Å². The Morgan fingerprint density at radius 3 is 2.48 bits per heavy atom. The number of rotatable bonds is 9. The monoisotopic (exact) mass is 303 g/mol. The quantitative estimate of drug-likeness (QED) is 0.720. The number of hydrogen-bond acceptors (Lipinski definition) is 3. The molecule has 0 fully saturated rings. The molecule has 0 saturated carbocycles. The van der Waals surface area contributed by atoms with E-state index in [9.17, 15) is 0 Å². The van der Waals surface area contributed by atoms with Crippen LogP contribution in [0.3, 0.4) is 0 Å². The summed E-state index contributed by atoms with van der Waals surface area (Å²) in [5.41, 5.74) is 1.40. The van der Waals surface area contributed by atoms with E-state index >= 15 is 0 Å². The zero-order valence-electron chi connectivity index (χ0n) is 13.0. The minimum Gasteiger partial charge on any atom is -0.488 e. The number of aryl methyl sites for hydroxylation is 1. The predicted molar refractivity (Wildman–Crippen MR) is 91.1 cm³/mol. The van der Waals surface area contributed by atoms with Crippen molar-refractivity contribution in [2.24, 2.45) is 0 Å². The molecule has 0 spiro atoms. The van der Waals surface area contributed by atoms with Gasteiger partial charge >= 0.3 is 0 Å².